The molecule has 0 heterocycles. The van der Waals surface area contributed by atoms with Gasteiger partial charge in [-0.3, -0.25) is 9.10 Å². The number of para-hydroxylation sites is 2. The van der Waals surface area contributed by atoms with Gasteiger partial charge in [0.15, 0.2) is 0 Å². The number of ether oxygens (including phenoxy) is 3. The maximum absolute atomic E-state index is 13.5. The first kappa shape index (κ1) is 23.0. The van der Waals surface area contributed by atoms with Gasteiger partial charge in [-0.15, -0.1) is 0 Å². The summed E-state index contributed by atoms with van der Waals surface area (Å²) < 4.78 is 43.7. The van der Waals surface area contributed by atoms with Gasteiger partial charge in [0.2, 0.25) is 5.91 Å². The SMILES string of the molecule is COc1ccc(S(=O)(=O)N(CC(=O)Nc2cccc(OC)c2)c2ccccc2OC)cc1. The van der Waals surface area contributed by atoms with E-state index in [1.54, 1.807) is 60.7 Å². The highest BCUT2D eigenvalue weighted by Crippen LogP contribution is 2.32. The maximum atomic E-state index is 13.5. The highest BCUT2D eigenvalue weighted by molar-refractivity contribution is 7.92. The fourth-order valence-electron chi connectivity index (χ4n) is 3.04. The molecule has 0 aliphatic heterocycles. The van der Waals surface area contributed by atoms with E-state index in [4.69, 9.17) is 14.2 Å². The van der Waals surface area contributed by atoms with Crippen molar-refractivity contribution in [3.63, 3.8) is 0 Å². The van der Waals surface area contributed by atoms with Crippen LogP contribution in [0.3, 0.4) is 0 Å². The van der Waals surface area contributed by atoms with Crippen LogP contribution in [0.1, 0.15) is 0 Å². The summed E-state index contributed by atoms with van der Waals surface area (Å²) in [5, 5.41) is 2.71. The van der Waals surface area contributed by atoms with Gasteiger partial charge in [-0.1, -0.05) is 18.2 Å². The van der Waals surface area contributed by atoms with Crippen LogP contribution in [0.4, 0.5) is 11.4 Å². The van der Waals surface area contributed by atoms with Gasteiger partial charge in [0.1, 0.15) is 23.8 Å². The van der Waals surface area contributed by atoms with Crippen LogP contribution in [0.2, 0.25) is 0 Å². The lowest BCUT2D eigenvalue weighted by atomic mass is 10.3. The standard InChI is InChI=1S/C23H24N2O6S/c1-29-18-11-13-20(14-12-18)32(27,28)25(21-9-4-5-10-22(21)31-3)16-23(26)24-17-7-6-8-19(15-17)30-2/h4-15H,16H2,1-3H3,(H,24,26). The number of benzene rings is 3. The first-order valence-electron chi connectivity index (χ1n) is 9.62. The van der Waals surface area contributed by atoms with Gasteiger partial charge in [-0.2, -0.15) is 0 Å². The van der Waals surface area contributed by atoms with Crippen molar-refractivity contribution in [2.45, 2.75) is 4.90 Å². The smallest absolute Gasteiger partial charge is 0.264 e. The Hall–Kier alpha value is -3.72. The van der Waals surface area contributed by atoms with Crippen molar-refractivity contribution in [3.8, 4) is 17.2 Å². The van der Waals surface area contributed by atoms with Crippen LogP contribution in [-0.4, -0.2) is 42.2 Å². The molecular formula is C23H24N2O6S. The van der Waals surface area contributed by atoms with E-state index in [0.717, 1.165) is 4.31 Å². The summed E-state index contributed by atoms with van der Waals surface area (Å²) in [5.41, 5.74) is 0.725. The van der Waals surface area contributed by atoms with Gasteiger partial charge >= 0.3 is 0 Å². The molecule has 1 amide bonds. The Bertz CT molecular complexity index is 1180. The molecule has 0 fully saturated rings. The van der Waals surface area contributed by atoms with Gasteiger partial charge < -0.3 is 19.5 Å². The molecule has 0 radical (unpaired) electrons. The van der Waals surface area contributed by atoms with Crippen LogP contribution in [-0.2, 0) is 14.8 Å². The van der Waals surface area contributed by atoms with Gasteiger partial charge in [0.05, 0.1) is 31.9 Å². The molecule has 32 heavy (non-hydrogen) atoms. The maximum Gasteiger partial charge on any atom is 0.264 e. The molecule has 8 nitrogen and oxygen atoms in total. The molecule has 0 aliphatic carbocycles. The summed E-state index contributed by atoms with van der Waals surface area (Å²) in [7, 11) is 0.351. The van der Waals surface area contributed by atoms with Gasteiger partial charge in [-0.25, -0.2) is 8.42 Å². The van der Waals surface area contributed by atoms with E-state index in [0.29, 0.717) is 22.9 Å². The van der Waals surface area contributed by atoms with Crippen molar-refractivity contribution in [1.82, 2.24) is 0 Å². The second-order valence-corrected chi connectivity index (χ2v) is 8.50. The van der Waals surface area contributed by atoms with Crippen molar-refractivity contribution in [2.75, 3.05) is 37.5 Å². The topological polar surface area (TPSA) is 94.2 Å². The lowest BCUT2D eigenvalue weighted by Gasteiger charge is -2.25. The Morgan fingerprint density at radius 1 is 0.844 bits per heavy atom. The second-order valence-electron chi connectivity index (χ2n) is 6.64. The number of rotatable bonds is 9. The quantitative estimate of drug-likeness (QED) is 0.529. The Morgan fingerprint density at radius 3 is 2.19 bits per heavy atom. The number of carbonyl (C=O) groups is 1. The zero-order chi connectivity index (χ0) is 23.1. The van der Waals surface area contributed by atoms with E-state index in [9.17, 15) is 13.2 Å². The number of nitrogens with zero attached hydrogens (tertiary/aromatic N) is 1. The molecule has 0 saturated carbocycles. The normalized spacial score (nSPS) is 10.8. The third-order valence-electron chi connectivity index (χ3n) is 4.64. The van der Waals surface area contributed by atoms with Crippen molar-refractivity contribution >= 4 is 27.3 Å². The van der Waals surface area contributed by atoms with E-state index in [1.165, 1.54) is 33.5 Å². The highest BCUT2D eigenvalue weighted by atomic mass is 32.2. The molecular weight excluding hydrogens is 432 g/mol. The Kier molecular flexibility index (Phi) is 7.21. The molecule has 0 saturated heterocycles. The summed E-state index contributed by atoms with van der Waals surface area (Å²) in [5.74, 6) is 0.874. The van der Waals surface area contributed by atoms with Crippen molar-refractivity contribution < 1.29 is 27.4 Å². The van der Waals surface area contributed by atoms with Crippen molar-refractivity contribution in [2.24, 2.45) is 0 Å². The number of sulfonamides is 1. The molecule has 1 N–H and O–H groups in total. The first-order chi connectivity index (χ1) is 15.4. The van der Waals surface area contributed by atoms with Gasteiger partial charge in [0, 0.05) is 11.8 Å². The monoisotopic (exact) mass is 456 g/mol. The fraction of sp³-hybridized carbons (Fsp3) is 0.174. The Morgan fingerprint density at radius 2 is 1.53 bits per heavy atom. The van der Waals surface area contributed by atoms with Crippen LogP contribution in [0.5, 0.6) is 17.2 Å². The third-order valence-corrected chi connectivity index (χ3v) is 6.42. The molecule has 0 unspecified atom stereocenters. The van der Waals surface area contributed by atoms with E-state index < -0.39 is 22.5 Å². The molecule has 0 aromatic heterocycles. The van der Waals surface area contributed by atoms with Crippen LogP contribution < -0.4 is 23.8 Å². The zero-order valence-electron chi connectivity index (χ0n) is 17.9. The molecule has 0 aliphatic rings. The third kappa shape index (κ3) is 5.12. The van der Waals surface area contributed by atoms with Crippen molar-refractivity contribution in [3.05, 3.63) is 72.8 Å². The first-order valence-corrected chi connectivity index (χ1v) is 11.1. The predicted molar refractivity (Wildman–Crippen MR) is 122 cm³/mol. The second kappa shape index (κ2) is 10.1. The van der Waals surface area contributed by atoms with E-state index in [-0.39, 0.29) is 10.6 Å². The van der Waals surface area contributed by atoms with E-state index in [2.05, 4.69) is 5.32 Å². The van der Waals surface area contributed by atoms with Crippen LogP contribution in [0.25, 0.3) is 0 Å². The minimum absolute atomic E-state index is 0.0124. The minimum atomic E-state index is -4.10. The van der Waals surface area contributed by atoms with Crippen LogP contribution in [0.15, 0.2) is 77.7 Å². The molecule has 168 valence electrons. The number of nitrogens with one attached hydrogen (secondary N) is 1. The van der Waals surface area contributed by atoms with E-state index >= 15 is 0 Å². The van der Waals surface area contributed by atoms with Crippen LogP contribution >= 0.6 is 0 Å². The summed E-state index contributed by atoms with van der Waals surface area (Å²) in [6.07, 6.45) is 0. The summed E-state index contributed by atoms with van der Waals surface area (Å²) in [6.45, 7) is -0.466. The molecule has 3 aromatic carbocycles. The van der Waals surface area contributed by atoms with Crippen molar-refractivity contribution in [1.29, 1.82) is 0 Å². The molecule has 3 aromatic rings. The minimum Gasteiger partial charge on any atom is -0.497 e. The molecule has 0 bridgehead atoms. The largest absolute Gasteiger partial charge is 0.497 e. The molecule has 0 spiro atoms. The van der Waals surface area contributed by atoms with E-state index in [1.807, 2.05) is 0 Å². The average Bonchev–Trinajstić information content (AvgIpc) is 2.82. The number of methoxy groups -OCH3 is 3. The van der Waals surface area contributed by atoms with Crippen LogP contribution in [0, 0.1) is 0 Å². The highest BCUT2D eigenvalue weighted by Gasteiger charge is 2.29. The number of hydrogen-bond acceptors (Lipinski definition) is 6. The number of amides is 1. The summed E-state index contributed by atoms with van der Waals surface area (Å²) in [4.78, 5) is 12.9. The average molecular weight is 457 g/mol. The summed E-state index contributed by atoms with van der Waals surface area (Å²) >= 11 is 0. The Balaban J connectivity index is 1.97. The molecule has 3 rings (SSSR count). The lowest BCUT2D eigenvalue weighted by Crippen LogP contribution is -2.38. The predicted octanol–water partition coefficient (Wildman–Crippen LogP) is 3.55. The summed E-state index contributed by atoms with van der Waals surface area (Å²) in [6, 6.07) is 19.3. The molecule has 9 heteroatoms. The number of carbonyl (C=O) groups excluding carboxylic acids is 1. The number of hydrogen-bond donors (Lipinski definition) is 1. The molecule has 0 atom stereocenters. The zero-order valence-corrected chi connectivity index (χ0v) is 18.8. The number of anilines is 2. The van der Waals surface area contributed by atoms with Gasteiger partial charge in [0.25, 0.3) is 10.0 Å². The lowest BCUT2D eigenvalue weighted by molar-refractivity contribution is -0.114. The Labute approximate surface area is 187 Å². The fourth-order valence-corrected chi connectivity index (χ4v) is 4.47. The van der Waals surface area contributed by atoms with Gasteiger partial charge in [-0.05, 0) is 48.5 Å².